The van der Waals surface area contributed by atoms with Crippen molar-refractivity contribution in [3.63, 3.8) is 0 Å². The van der Waals surface area contributed by atoms with E-state index in [2.05, 4.69) is 26.6 Å². The van der Waals surface area contributed by atoms with Gasteiger partial charge in [-0.25, -0.2) is 0 Å². The van der Waals surface area contributed by atoms with Gasteiger partial charge in [-0.15, -0.1) is 0 Å². The Kier molecular flexibility index (Phi) is 4.15. The fourth-order valence-corrected chi connectivity index (χ4v) is 2.40. The molecule has 1 amide bonds. The smallest absolute Gasteiger partial charge is 0.348 e. The highest BCUT2D eigenvalue weighted by atomic mass is 79.9. The molecule has 1 saturated heterocycles. The number of alkyl halides is 3. The monoisotopic (exact) mass is 336 g/mol. The van der Waals surface area contributed by atoms with Crippen LogP contribution >= 0.6 is 15.9 Å². The molecule has 0 aliphatic carbocycles. The van der Waals surface area contributed by atoms with Crippen LogP contribution in [0.2, 0.25) is 0 Å². The highest BCUT2D eigenvalue weighted by molar-refractivity contribution is 9.10. The fraction of sp³-hybridized carbons (Fsp3) is 0.417. The lowest BCUT2D eigenvalue weighted by Gasteiger charge is -2.14. The first kappa shape index (κ1) is 14.3. The maximum absolute atomic E-state index is 12.7. The van der Waals surface area contributed by atoms with E-state index in [-0.39, 0.29) is 16.1 Å². The van der Waals surface area contributed by atoms with E-state index in [0.717, 1.165) is 19.0 Å². The third-order valence-electron chi connectivity index (χ3n) is 2.93. The number of hydrogen-bond donors (Lipinski definition) is 2. The molecule has 2 N–H and O–H groups in total. The maximum atomic E-state index is 12.7. The molecule has 7 heteroatoms. The van der Waals surface area contributed by atoms with E-state index in [0.29, 0.717) is 6.54 Å². The summed E-state index contributed by atoms with van der Waals surface area (Å²) in [7, 11) is 0. The van der Waals surface area contributed by atoms with Gasteiger partial charge in [-0.2, -0.15) is 13.2 Å². The normalized spacial score (nSPS) is 19.5. The van der Waals surface area contributed by atoms with E-state index < -0.39 is 17.6 Å². The molecule has 1 atom stereocenters. The van der Waals surface area contributed by atoms with E-state index in [4.69, 9.17) is 0 Å². The Morgan fingerprint density at radius 2 is 2.16 bits per heavy atom. The van der Waals surface area contributed by atoms with Crippen molar-refractivity contribution in [3.8, 4) is 0 Å². The van der Waals surface area contributed by atoms with Gasteiger partial charge in [0.1, 0.15) is 0 Å². The molecule has 0 radical (unpaired) electrons. The Balaban J connectivity index is 2.18. The van der Waals surface area contributed by atoms with Gasteiger partial charge in [-0.3, -0.25) is 4.79 Å². The van der Waals surface area contributed by atoms with Crippen LogP contribution in [-0.2, 0) is 6.18 Å². The minimum Gasteiger partial charge on any atom is -0.348 e. The zero-order chi connectivity index (χ0) is 14.0. The van der Waals surface area contributed by atoms with Crippen molar-refractivity contribution in [2.45, 2.75) is 18.6 Å². The SMILES string of the molecule is O=C(NC1CCNC1)c1ccc(Br)c(C(F)(F)F)c1. The van der Waals surface area contributed by atoms with Gasteiger partial charge in [0.15, 0.2) is 0 Å². The molecule has 0 spiro atoms. The van der Waals surface area contributed by atoms with Crippen LogP contribution in [0, 0.1) is 0 Å². The van der Waals surface area contributed by atoms with Crippen LogP contribution in [0.5, 0.6) is 0 Å². The topological polar surface area (TPSA) is 41.1 Å². The maximum Gasteiger partial charge on any atom is 0.417 e. The molecule has 1 aliphatic rings. The number of halogens is 4. The number of rotatable bonds is 2. The second-order valence-electron chi connectivity index (χ2n) is 4.36. The Bertz CT molecular complexity index is 484. The molecule has 1 unspecified atom stereocenters. The van der Waals surface area contributed by atoms with Gasteiger partial charge in [-0.1, -0.05) is 15.9 Å². The zero-order valence-electron chi connectivity index (χ0n) is 9.85. The van der Waals surface area contributed by atoms with Crippen molar-refractivity contribution in [3.05, 3.63) is 33.8 Å². The number of benzene rings is 1. The lowest BCUT2D eigenvalue weighted by atomic mass is 10.1. The summed E-state index contributed by atoms with van der Waals surface area (Å²) in [4.78, 5) is 11.9. The molecule has 0 saturated carbocycles. The third-order valence-corrected chi connectivity index (χ3v) is 3.62. The number of hydrogen-bond acceptors (Lipinski definition) is 2. The minimum atomic E-state index is -4.48. The second-order valence-corrected chi connectivity index (χ2v) is 5.21. The molecular formula is C12H12BrF3N2O. The van der Waals surface area contributed by atoms with Crippen molar-refractivity contribution in [1.82, 2.24) is 10.6 Å². The molecule has 1 heterocycles. The summed E-state index contributed by atoms with van der Waals surface area (Å²) < 4.78 is 38.1. The second kappa shape index (κ2) is 5.50. The highest BCUT2D eigenvalue weighted by Gasteiger charge is 2.33. The summed E-state index contributed by atoms with van der Waals surface area (Å²) in [6.45, 7) is 1.45. The van der Waals surface area contributed by atoms with Crippen molar-refractivity contribution < 1.29 is 18.0 Å². The molecule has 1 aromatic carbocycles. The average molecular weight is 337 g/mol. The molecule has 1 aliphatic heterocycles. The molecule has 0 bridgehead atoms. The number of amides is 1. The van der Waals surface area contributed by atoms with Crippen LogP contribution in [0.4, 0.5) is 13.2 Å². The first-order valence-electron chi connectivity index (χ1n) is 5.76. The van der Waals surface area contributed by atoms with Crippen molar-refractivity contribution >= 4 is 21.8 Å². The molecule has 19 heavy (non-hydrogen) atoms. The number of nitrogens with one attached hydrogen (secondary N) is 2. The Morgan fingerprint density at radius 3 is 2.74 bits per heavy atom. The number of carbonyl (C=O) groups excluding carboxylic acids is 1. The molecule has 1 aromatic rings. The van der Waals surface area contributed by atoms with Gasteiger partial charge in [0, 0.05) is 22.6 Å². The van der Waals surface area contributed by atoms with Gasteiger partial charge < -0.3 is 10.6 Å². The van der Waals surface area contributed by atoms with E-state index in [1.165, 1.54) is 12.1 Å². The first-order chi connectivity index (χ1) is 8.88. The molecule has 2 rings (SSSR count). The molecule has 0 aromatic heterocycles. The predicted octanol–water partition coefficient (Wildman–Crippen LogP) is 2.56. The summed E-state index contributed by atoms with van der Waals surface area (Å²) in [6, 6.07) is 3.45. The minimum absolute atomic E-state index is 0.0161. The molecule has 104 valence electrons. The van der Waals surface area contributed by atoms with E-state index in [1.54, 1.807) is 0 Å². The van der Waals surface area contributed by atoms with Crippen molar-refractivity contribution in [2.75, 3.05) is 13.1 Å². The van der Waals surface area contributed by atoms with E-state index >= 15 is 0 Å². The van der Waals surface area contributed by atoms with Crippen LogP contribution in [0.25, 0.3) is 0 Å². The van der Waals surface area contributed by atoms with Crippen LogP contribution in [0.3, 0.4) is 0 Å². The summed E-state index contributed by atoms with van der Waals surface area (Å²) in [5.74, 6) is -0.480. The van der Waals surface area contributed by atoms with Gasteiger partial charge in [0.05, 0.1) is 5.56 Å². The Hall–Kier alpha value is -1.08. The van der Waals surface area contributed by atoms with Crippen molar-refractivity contribution in [2.24, 2.45) is 0 Å². The summed E-state index contributed by atoms with van der Waals surface area (Å²) in [6.07, 6.45) is -3.70. The largest absolute Gasteiger partial charge is 0.417 e. The lowest BCUT2D eigenvalue weighted by molar-refractivity contribution is -0.138. The van der Waals surface area contributed by atoms with Gasteiger partial charge in [0.2, 0.25) is 0 Å². The lowest BCUT2D eigenvalue weighted by Crippen LogP contribution is -2.36. The van der Waals surface area contributed by atoms with Crippen LogP contribution < -0.4 is 10.6 Å². The van der Waals surface area contributed by atoms with Crippen LogP contribution in [0.15, 0.2) is 22.7 Å². The number of carbonyl (C=O) groups is 1. The highest BCUT2D eigenvalue weighted by Crippen LogP contribution is 2.35. The zero-order valence-corrected chi connectivity index (χ0v) is 11.4. The van der Waals surface area contributed by atoms with Gasteiger partial charge in [-0.05, 0) is 31.2 Å². The fourth-order valence-electron chi connectivity index (χ4n) is 1.93. The molecule has 3 nitrogen and oxygen atoms in total. The van der Waals surface area contributed by atoms with Gasteiger partial charge in [0.25, 0.3) is 5.91 Å². The molecule has 1 fully saturated rings. The Morgan fingerprint density at radius 1 is 1.42 bits per heavy atom. The predicted molar refractivity (Wildman–Crippen MR) is 67.9 cm³/mol. The van der Waals surface area contributed by atoms with Crippen LogP contribution in [-0.4, -0.2) is 25.0 Å². The quantitative estimate of drug-likeness (QED) is 0.871. The van der Waals surface area contributed by atoms with Gasteiger partial charge >= 0.3 is 6.18 Å². The third kappa shape index (κ3) is 3.48. The Labute approximate surface area is 116 Å². The summed E-state index contributed by atoms with van der Waals surface area (Å²) in [5, 5.41) is 5.78. The first-order valence-corrected chi connectivity index (χ1v) is 6.55. The standard InChI is InChI=1S/C12H12BrF3N2O/c13-10-2-1-7(5-9(10)12(14,15)16)11(19)18-8-3-4-17-6-8/h1-2,5,8,17H,3-4,6H2,(H,18,19). The van der Waals surface area contributed by atoms with E-state index in [1.807, 2.05) is 0 Å². The molecular weight excluding hydrogens is 325 g/mol. The van der Waals surface area contributed by atoms with E-state index in [9.17, 15) is 18.0 Å². The average Bonchev–Trinajstić information content (AvgIpc) is 2.80. The van der Waals surface area contributed by atoms with Crippen LogP contribution in [0.1, 0.15) is 22.3 Å². The summed E-state index contributed by atoms with van der Waals surface area (Å²) >= 11 is 2.84. The van der Waals surface area contributed by atoms with Crippen molar-refractivity contribution in [1.29, 1.82) is 0 Å². The summed E-state index contributed by atoms with van der Waals surface area (Å²) in [5.41, 5.74) is -0.827.